The van der Waals surface area contributed by atoms with Crippen molar-refractivity contribution in [3.05, 3.63) is 59.2 Å². The molecule has 2 saturated carbocycles. The normalized spacial score (nSPS) is 24.3. The molecule has 2 fully saturated rings. The number of rotatable bonds is 2. The third kappa shape index (κ3) is 6.70. The molecule has 0 amide bonds. The zero-order valence-electron chi connectivity index (χ0n) is 17.6. The van der Waals surface area contributed by atoms with E-state index < -0.39 is 17.6 Å². The van der Waals surface area contributed by atoms with Crippen LogP contribution in [0.2, 0.25) is 0 Å². The van der Waals surface area contributed by atoms with Crippen molar-refractivity contribution in [1.29, 1.82) is 0 Å². The third-order valence-electron chi connectivity index (χ3n) is 5.89. The van der Waals surface area contributed by atoms with Crippen molar-refractivity contribution < 1.29 is 17.6 Å². The van der Waals surface area contributed by atoms with Crippen molar-refractivity contribution in [2.45, 2.75) is 82.1 Å². The summed E-state index contributed by atoms with van der Waals surface area (Å²) in [6.45, 7) is 22.3. The summed E-state index contributed by atoms with van der Waals surface area (Å²) in [5.74, 6) is 15.1. The molecular weight excluding hydrogens is 428 g/mol. The number of halogens is 2. The van der Waals surface area contributed by atoms with Crippen LogP contribution in [0, 0.1) is 59.2 Å². The molecule has 25 heavy (non-hydrogen) atoms. The van der Waals surface area contributed by atoms with Gasteiger partial charge in [-0.1, -0.05) is 69.2 Å². The summed E-state index contributed by atoms with van der Waals surface area (Å²) in [5.41, 5.74) is 0. The van der Waals surface area contributed by atoms with E-state index in [4.69, 9.17) is 18.4 Å². The number of hydrogen-bond donors (Lipinski definition) is 0. The van der Waals surface area contributed by atoms with Crippen LogP contribution in [0.1, 0.15) is 82.1 Å². The summed E-state index contributed by atoms with van der Waals surface area (Å²) < 4.78 is 0. The second-order valence-electron chi connectivity index (χ2n) is 6.73. The minimum atomic E-state index is -0.706. The molecule has 0 atom stereocenters. The quantitative estimate of drug-likeness (QED) is 0.364. The van der Waals surface area contributed by atoms with Crippen molar-refractivity contribution in [3.8, 4) is 0 Å². The Kier molecular flexibility index (Phi) is 13.4. The third-order valence-corrected chi connectivity index (χ3v) is 5.89. The van der Waals surface area contributed by atoms with Gasteiger partial charge in [-0.15, -0.1) is 0 Å². The van der Waals surface area contributed by atoms with Crippen LogP contribution < -0.4 is 0 Å². The van der Waals surface area contributed by atoms with Gasteiger partial charge in [0.05, 0.1) is 0 Å². The number of hydrogen-bond acceptors (Lipinski definition) is 0. The van der Waals surface area contributed by atoms with Gasteiger partial charge in [0.15, 0.2) is 0 Å². The molecule has 0 aromatic carbocycles. The first-order valence-electron chi connectivity index (χ1n) is 8.96. The molecular formula is C22H34Cl2Nb. The molecule has 0 aliphatic heterocycles. The van der Waals surface area contributed by atoms with Crippen LogP contribution in [0.5, 0.6) is 0 Å². The van der Waals surface area contributed by atoms with Crippen molar-refractivity contribution in [2.24, 2.45) is 0 Å². The summed E-state index contributed by atoms with van der Waals surface area (Å²) in [6.07, 6.45) is 2.35. The van der Waals surface area contributed by atoms with Gasteiger partial charge in [0.1, 0.15) is 0 Å². The molecule has 0 unspecified atom stereocenters. The molecule has 0 aromatic rings. The minimum absolute atomic E-state index is 0.706. The Morgan fingerprint density at radius 2 is 0.640 bits per heavy atom. The van der Waals surface area contributed by atoms with E-state index in [9.17, 15) is 0 Å². The van der Waals surface area contributed by atoms with Gasteiger partial charge in [0.25, 0.3) is 0 Å². The second kappa shape index (κ2) is 12.7. The summed E-state index contributed by atoms with van der Waals surface area (Å²) in [6, 6.07) is 0. The fraction of sp³-hybridized carbons (Fsp3) is 0.545. The fourth-order valence-electron chi connectivity index (χ4n) is 3.65. The van der Waals surface area contributed by atoms with Crippen LogP contribution in [0.25, 0.3) is 0 Å². The summed E-state index contributed by atoms with van der Waals surface area (Å²) in [7, 11) is 9.83. The summed E-state index contributed by atoms with van der Waals surface area (Å²) in [4.78, 5) is 0. The van der Waals surface area contributed by atoms with E-state index in [-0.39, 0.29) is 0 Å². The van der Waals surface area contributed by atoms with Crippen LogP contribution in [-0.4, -0.2) is 0 Å². The van der Waals surface area contributed by atoms with Gasteiger partial charge in [0.2, 0.25) is 0 Å². The average Bonchev–Trinajstić information content (AvgIpc) is 2.89. The second-order valence-corrected chi connectivity index (χ2v) is 10.1. The van der Waals surface area contributed by atoms with Crippen molar-refractivity contribution in [3.63, 3.8) is 0 Å². The molecule has 2 aliphatic rings. The standard InChI is InChI=1S/2C11H17.2ClH.Nb/c2*1-6-11-9(4)7(2)8(3)10(11)5;;;/h2*6H2,1-5H3;2*1H;/q;;;;+2/p-2. The Labute approximate surface area is 176 Å². The van der Waals surface area contributed by atoms with Crippen LogP contribution in [0.4, 0.5) is 0 Å². The van der Waals surface area contributed by atoms with E-state index in [2.05, 4.69) is 69.2 Å². The van der Waals surface area contributed by atoms with Gasteiger partial charge in [-0.2, -0.15) is 0 Å². The van der Waals surface area contributed by atoms with Crippen LogP contribution in [0.15, 0.2) is 0 Å². The molecule has 3 heteroatoms. The van der Waals surface area contributed by atoms with E-state index in [0.717, 1.165) is 0 Å². The predicted molar refractivity (Wildman–Crippen MR) is 110 cm³/mol. The van der Waals surface area contributed by atoms with E-state index >= 15 is 0 Å². The van der Waals surface area contributed by atoms with Crippen molar-refractivity contribution in [1.82, 2.24) is 0 Å². The van der Waals surface area contributed by atoms with E-state index in [1.165, 1.54) is 60.2 Å². The fourth-order valence-corrected chi connectivity index (χ4v) is 3.65. The molecule has 10 radical (unpaired) electrons. The zero-order valence-corrected chi connectivity index (χ0v) is 21.3. The Morgan fingerprint density at radius 1 is 0.480 bits per heavy atom. The Morgan fingerprint density at radius 3 is 0.720 bits per heavy atom. The van der Waals surface area contributed by atoms with Crippen molar-refractivity contribution >= 4 is 18.4 Å². The monoisotopic (exact) mass is 461 g/mol. The first kappa shape index (κ1) is 26.3. The molecule has 0 spiro atoms. The van der Waals surface area contributed by atoms with E-state index in [0.29, 0.717) is 0 Å². The molecule has 141 valence electrons. The van der Waals surface area contributed by atoms with E-state index in [1.807, 2.05) is 0 Å². The zero-order chi connectivity index (χ0) is 19.9. The molecule has 0 heterocycles. The molecule has 0 N–H and O–H groups in total. The SMILES string of the molecule is CC[C]1[C](C)[C](C)[C](C)[C]1C.CC[C]1[C](C)[C](C)[C](C)[C]1C.[Cl][Nb][Cl]. The molecule has 0 nitrogen and oxygen atoms in total. The van der Waals surface area contributed by atoms with E-state index in [1.54, 1.807) is 11.8 Å². The van der Waals surface area contributed by atoms with Gasteiger partial charge in [0, 0.05) is 0 Å². The maximum absolute atomic E-state index is 4.91. The van der Waals surface area contributed by atoms with Gasteiger partial charge in [-0.3, -0.25) is 0 Å². The van der Waals surface area contributed by atoms with Gasteiger partial charge < -0.3 is 0 Å². The summed E-state index contributed by atoms with van der Waals surface area (Å²) in [5, 5.41) is 0. The van der Waals surface area contributed by atoms with Gasteiger partial charge in [-0.25, -0.2) is 0 Å². The Balaban J connectivity index is 0.000000399. The Hall–Kier alpha value is 1.32. The molecule has 0 aromatic heterocycles. The van der Waals surface area contributed by atoms with Crippen LogP contribution in [-0.2, 0) is 17.6 Å². The van der Waals surface area contributed by atoms with Gasteiger partial charge in [-0.05, 0) is 72.0 Å². The van der Waals surface area contributed by atoms with Crippen molar-refractivity contribution in [2.75, 3.05) is 0 Å². The maximum atomic E-state index is 4.91. The molecule has 0 bridgehead atoms. The van der Waals surface area contributed by atoms with Crippen LogP contribution >= 0.6 is 18.4 Å². The molecule has 2 aliphatic carbocycles. The topological polar surface area (TPSA) is 0 Å². The molecule has 0 saturated heterocycles. The molecule has 2 rings (SSSR count). The van der Waals surface area contributed by atoms with Gasteiger partial charge >= 0.3 is 36.0 Å². The summed E-state index contributed by atoms with van der Waals surface area (Å²) >= 11 is -0.706. The predicted octanol–water partition coefficient (Wildman–Crippen LogP) is 8.10. The van der Waals surface area contributed by atoms with Crippen LogP contribution in [0.3, 0.4) is 0 Å². The first-order chi connectivity index (χ1) is 11.6. The first-order valence-corrected chi connectivity index (χ1v) is 14.6. The Bertz CT molecular complexity index is 289. The average molecular weight is 462 g/mol.